The number of nitrogens with zero attached hydrogens (tertiary/aromatic N) is 4. The van der Waals surface area contributed by atoms with E-state index in [0.29, 0.717) is 22.9 Å². The van der Waals surface area contributed by atoms with Gasteiger partial charge in [0.1, 0.15) is 22.7 Å². The molecule has 0 saturated carbocycles. The second kappa shape index (κ2) is 10.7. The number of carbonyl (C=O) groups is 2. The quantitative estimate of drug-likeness (QED) is 0.191. The Morgan fingerprint density at radius 2 is 1.81 bits per heavy atom. The van der Waals surface area contributed by atoms with E-state index < -0.39 is 36.4 Å². The van der Waals surface area contributed by atoms with Crippen LogP contribution < -0.4 is 11.1 Å². The van der Waals surface area contributed by atoms with Crippen molar-refractivity contribution in [2.45, 2.75) is 50.2 Å². The second-order valence-corrected chi connectivity index (χ2v) is 10.6. The highest BCUT2D eigenvalue weighted by molar-refractivity contribution is 6.31. The summed E-state index contributed by atoms with van der Waals surface area (Å²) in [6, 6.07) is 11.4. The van der Waals surface area contributed by atoms with Gasteiger partial charge in [-0.15, -0.1) is 0 Å². The number of benzene rings is 2. The summed E-state index contributed by atoms with van der Waals surface area (Å²) < 4.78 is 71.4. The number of aromatic nitrogens is 4. The summed E-state index contributed by atoms with van der Waals surface area (Å²) in [5, 5.41) is 7.49. The number of rotatable bonds is 8. The average Bonchev–Trinajstić information content (AvgIpc) is 3.44. The largest absolute Gasteiger partial charge is 0.469 e. The number of hydrogen-bond donors (Lipinski definition) is 2. The molecule has 1 aliphatic rings. The molecule has 4 aromatic rings. The molecule has 0 saturated heterocycles. The van der Waals surface area contributed by atoms with E-state index in [1.807, 2.05) is 0 Å². The van der Waals surface area contributed by atoms with Gasteiger partial charge in [0.25, 0.3) is 0 Å². The molecule has 9 nitrogen and oxygen atoms in total. The highest BCUT2D eigenvalue weighted by Gasteiger charge is 2.56. The molecule has 1 amide bonds. The van der Waals surface area contributed by atoms with Gasteiger partial charge in [-0.2, -0.15) is 27.1 Å². The zero-order valence-electron chi connectivity index (χ0n) is 22.7. The SMILES string of the molecule is COC(=O)CCc1ccc(C2(C)C(=O)Nc3nc(-c4nn(CCC(F)(F)C(F)(F)F)c5cc(Cl)ccc45)nc(N)c32)cc1. The van der Waals surface area contributed by atoms with Gasteiger partial charge >= 0.3 is 18.1 Å². The number of nitrogens with two attached hydrogens (primary N) is 1. The van der Waals surface area contributed by atoms with Crippen LogP contribution in [0.4, 0.5) is 33.6 Å². The minimum atomic E-state index is -5.72. The Kier molecular flexibility index (Phi) is 7.53. The number of methoxy groups -OCH3 is 1. The summed E-state index contributed by atoms with van der Waals surface area (Å²) in [6.45, 7) is 0.873. The number of esters is 1. The number of anilines is 2. The summed E-state index contributed by atoms with van der Waals surface area (Å²) in [6.07, 6.45) is -6.63. The Balaban J connectivity index is 1.51. The van der Waals surface area contributed by atoms with Crippen LogP contribution in [0.15, 0.2) is 42.5 Å². The van der Waals surface area contributed by atoms with Crippen LogP contribution in [0.25, 0.3) is 22.4 Å². The van der Waals surface area contributed by atoms with Crippen molar-refractivity contribution in [3.05, 3.63) is 64.2 Å². The molecular formula is C28H24ClF5N6O3. The van der Waals surface area contributed by atoms with Crippen LogP contribution in [0.3, 0.4) is 0 Å². The number of amides is 1. The summed E-state index contributed by atoms with van der Waals surface area (Å²) in [4.78, 5) is 33.6. The number of hydrogen-bond acceptors (Lipinski definition) is 7. The van der Waals surface area contributed by atoms with E-state index in [1.165, 1.54) is 25.3 Å². The molecule has 0 radical (unpaired) electrons. The van der Waals surface area contributed by atoms with Crippen LogP contribution in [0.5, 0.6) is 0 Å². The van der Waals surface area contributed by atoms with Gasteiger partial charge in [-0.3, -0.25) is 14.3 Å². The van der Waals surface area contributed by atoms with Crippen molar-refractivity contribution < 1.29 is 36.3 Å². The van der Waals surface area contributed by atoms with Crippen molar-refractivity contribution in [2.24, 2.45) is 0 Å². The first-order chi connectivity index (χ1) is 20.2. The van der Waals surface area contributed by atoms with Crippen molar-refractivity contribution in [1.82, 2.24) is 19.7 Å². The van der Waals surface area contributed by atoms with Gasteiger partial charge in [0.15, 0.2) is 5.82 Å². The predicted octanol–water partition coefficient (Wildman–Crippen LogP) is 5.68. The smallest absolute Gasteiger partial charge is 0.453 e. The zero-order valence-corrected chi connectivity index (χ0v) is 23.5. The molecule has 1 aliphatic heterocycles. The topological polar surface area (TPSA) is 125 Å². The number of nitrogen functional groups attached to an aromatic ring is 1. The van der Waals surface area contributed by atoms with Crippen LogP contribution in [-0.2, 0) is 32.7 Å². The number of alkyl halides is 5. The molecule has 3 heterocycles. The lowest BCUT2D eigenvalue weighted by molar-refractivity contribution is -0.285. The molecule has 2 aromatic heterocycles. The molecule has 226 valence electrons. The Labute approximate surface area is 246 Å². The first-order valence-electron chi connectivity index (χ1n) is 12.9. The van der Waals surface area contributed by atoms with Crippen LogP contribution in [0, 0.1) is 0 Å². The third kappa shape index (κ3) is 5.35. The number of fused-ring (bicyclic) bond motifs is 2. The van der Waals surface area contributed by atoms with Crippen LogP contribution in [0.1, 0.15) is 36.5 Å². The number of carbonyl (C=O) groups excluding carboxylic acids is 2. The highest BCUT2D eigenvalue weighted by atomic mass is 35.5. The van der Waals surface area contributed by atoms with Crippen molar-refractivity contribution in [3.8, 4) is 11.5 Å². The summed E-state index contributed by atoms with van der Waals surface area (Å²) in [5.41, 5.74) is 7.08. The molecule has 1 unspecified atom stereocenters. The van der Waals surface area contributed by atoms with Gasteiger partial charge in [0.05, 0.1) is 18.2 Å². The number of nitrogens with one attached hydrogen (secondary N) is 1. The molecule has 0 bridgehead atoms. The van der Waals surface area contributed by atoms with Crippen LogP contribution >= 0.6 is 11.6 Å². The van der Waals surface area contributed by atoms with E-state index in [0.717, 1.165) is 10.2 Å². The molecular weight excluding hydrogens is 599 g/mol. The van der Waals surface area contributed by atoms with E-state index in [2.05, 4.69) is 25.1 Å². The molecule has 0 spiro atoms. The maximum atomic E-state index is 13.7. The summed E-state index contributed by atoms with van der Waals surface area (Å²) in [5.74, 6) is -5.75. The van der Waals surface area contributed by atoms with Gasteiger partial charge in [0.2, 0.25) is 5.91 Å². The van der Waals surface area contributed by atoms with E-state index in [1.54, 1.807) is 31.2 Å². The monoisotopic (exact) mass is 622 g/mol. The number of ether oxygens (including phenoxy) is 1. The third-order valence-electron chi connectivity index (χ3n) is 7.48. The molecule has 3 N–H and O–H groups in total. The van der Waals surface area contributed by atoms with E-state index in [9.17, 15) is 31.5 Å². The Morgan fingerprint density at radius 3 is 2.47 bits per heavy atom. The molecule has 15 heteroatoms. The molecule has 1 atom stereocenters. The predicted molar refractivity (Wildman–Crippen MR) is 148 cm³/mol. The van der Waals surface area contributed by atoms with Crippen LogP contribution in [0.2, 0.25) is 5.02 Å². The summed E-state index contributed by atoms with van der Waals surface area (Å²) in [7, 11) is 1.31. The fourth-order valence-electron chi connectivity index (χ4n) is 5.01. The van der Waals surface area contributed by atoms with E-state index in [4.69, 9.17) is 17.3 Å². The number of aryl methyl sites for hydroxylation is 2. The maximum Gasteiger partial charge on any atom is 0.453 e. The lowest BCUT2D eigenvalue weighted by Gasteiger charge is -2.23. The van der Waals surface area contributed by atoms with Crippen molar-refractivity contribution in [2.75, 3.05) is 18.2 Å². The normalized spacial score (nSPS) is 16.8. The van der Waals surface area contributed by atoms with Crippen molar-refractivity contribution in [3.63, 3.8) is 0 Å². The molecule has 5 rings (SSSR count). The fraction of sp³-hybridized carbons (Fsp3) is 0.321. The minimum absolute atomic E-state index is 0.0503. The summed E-state index contributed by atoms with van der Waals surface area (Å²) >= 11 is 6.08. The zero-order chi connectivity index (χ0) is 31.3. The first-order valence-corrected chi connectivity index (χ1v) is 13.3. The van der Waals surface area contributed by atoms with Crippen molar-refractivity contribution >= 4 is 46.0 Å². The molecule has 2 aromatic carbocycles. The minimum Gasteiger partial charge on any atom is -0.469 e. The van der Waals surface area contributed by atoms with Gasteiger partial charge in [-0.05, 0) is 42.7 Å². The Hall–Kier alpha value is -4.33. The lowest BCUT2D eigenvalue weighted by atomic mass is 9.77. The number of halogens is 6. The standard InChI is InChI=1S/C28H24ClF5N6O3/c1-26(15-6-3-14(4-7-15)5-10-19(41)43-2)20-22(35)36-24(37-23(20)38-25(26)42)21-17-9-8-16(29)13-18(17)40(39-21)12-11-27(30,31)28(32,33)34/h3-4,6-9,13H,5,10-12H2,1-2H3,(H3,35,36,37,38,42). The van der Waals surface area contributed by atoms with Gasteiger partial charge < -0.3 is 15.8 Å². The van der Waals surface area contributed by atoms with Gasteiger partial charge in [0, 0.05) is 29.8 Å². The average molecular weight is 623 g/mol. The van der Waals surface area contributed by atoms with E-state index in [-0.39, 0.29) is 46.1 Å². The third-order valence-corrected chi connectivity index (χ3v) is 7.71. The lowest BCUT2D eigenvalue weighted by Crippen LogP contribution is -2.37. The molecule has 43 heavy (non-hydrogen) atoms. The Bertz CT molecular complexity index is 1740. The fourth-order valence-corrected chi connectivity index (χ4v) is 5.18. The van der Waals surface area contributed by atoms with Crippen LogP contribution in [-0.4, -0.2) is 50.8 Å². The Morgan fingerprint density at radius 1 is 1.12 bits per heavy atom. The van der Waals surface area contributed by atoms with Gasteiger partial charge in [-0.25, -0.2) is 9.97 Å². The highest BCUT2D eigenvalue weighted by Crippen LogP contribution is 2.45. The van der Waals surface area contributed by atoms with E-state index >= 15 is 0 Å². The van der Waals surface area contributed by atoms with Gasteiger partial charge in [-0.1, -0.05) is 35.9 Å². The maximum absolute atomic E-state index is 13.7. The van der Waals surface area contributed by atoms with Crippen molar-refractivity contribution in [1.29, 1.82) is 0 Å². The first kappa shape index (κ1) is 30.1. The molecule has 0 fully saturated rings. The molecule has 0 aliphatic carbocycles. The second-order valence-electron chi connectivity index (χ2n) is 10.2.